The van der Waals surface area contributed by atoms with Crippen LogP contribution in [0.2, 0.25) is 5.15 Å². The van der Waals surface area contributed by atoms with Gasteiger partial charge in [0.25, 0.3) is 0 Å². The van der Waals surface area contributed by atoms with Crippen molar-refractivity contribution >= 4 is 22.4 Å². The zero-order valence-electron chi connectivity index (χ0n) is 11.3. The maximum Gasteiger partial charge on any atom is 0.163 e. The Morgan fingerprint density at radius 3 is 2.65 bits per heavy atom. The quantitative estimate of drug-likeness (QED) is 0.651. The summed E-state index contributed by atoms with van der Waals surface area (Å²) in [4.78, 5) is 13.2. The standard InChI is InChI=1S/C16H14ClN3/c1-10(2)14-7-15(17)20-16(19-14)13-9-18-8-11-5-3-4-6-12(11)13/h3-10H,1-2H3. The average Bonchev–Trinajstić information content (AvgIpc) is 2.46. The Hall–Kier alpha value is -2.00. The molecule has 0 radical (unpaired) electrons. The van der Waals surface area contributed by atoms with Crippen molar-refractivity contribution in [3.05, 3.63) is 53.6 Å². The zero-order valence-corrected chi connectivity index (χ0v) is 12.1. The summed E-state index contributed by atoms with van der Waals surface area (Å²) in [5, 5.41) is 2.62. The molecule has 0 fully saturated rings. The molecule has 4 heteroatoms. The van der Waals surface area contributed by atoms with Crippen LogP contribution >= 0.6 is 11.6 Å². The van der Waals surface area contributed by atoms with Gasteiger partial charge in [0.1, 0.15) is 5.15 Å². The molecule has 0 aliphatic rings. The van der Waals surface area contributed by atoms with E-state index in [9.17, 15) is 0 Å². The molecule has 0 aliphatic heterocycles. The molecule has 1 aromatic carbocycles. The lowest BCUT2D eigenvalue weighted by Gasteiger charge is -2.09. The summed E-state index contributed by atoms with van der Waals surface area (Å²) in [5.74, 6) is 0.933. The Labute approximate surface area is 122 Å². The molecular formula is C16H14ClN3. The first-order valence-corrected chi connectivity index (χ1v) is 6.90. The van der Waals surface area contributed by atoms with Crippen molar-refractivity contribution in [3.8, 4) is 11.4 Å². The average molecular weight is 284 g/mol. The van der Waals surface area contributed by atoms with Gasteiger partial charge in [-0.1, -0.05) is 49.7 Å². The lowest BCUT2D eigenvalue weighted by molar-refractivity contribution is 0.817. The van der Waals surface area contributed by atoms with E-state index in [-0.39, 0.29) is 0 Å². The molecule has 0 spiro atoms. The van der Waals surface area contributed by atoms with Crippen molar-refractivity contribution in [2.45, 2.75) is 19.8 Å². The maximum absolute atomic E-state index is 6.12. The molecule has 0 saturated heterocycles. The zero-order chi connectivity index (χ0) is 14.1. The van der Waals surface area contributed by atoms with E-state index < -0.39 is 0 Å². The third-order valence-electron chi connectivity index (χ3n) is 3.22. The number of aromatic nitrogens is 3. The minimum Gasteiger partial charge on any atom is -0.263 e. The van der Waals surface area contributed by atoms with E-state index in [2.05, 4.69) is 28.8 Å². The van der Waals surface area contributed by atoms with Gasteiger partial charge in [-0.2, -0.15) is 0 Å². The number of fused-ring (bicyclic) bond motifs is 1. The summed E-state index contributed by atoms with van der Waals surface area (Å²) in [6.07, 6.45) is 3.63. The monoisotopic (exact) mass is 283 g/mol. The molecule has 3 aromatic rings. The van der Waals surface area contributed by atoms with E-state index >= 15 is 0 Å². The molecule has 2 aromatic heterocycles. The summed E-state index contributed by atoms with van der Waals surface area (Å²) in [7, 11) is 0. The summed E-state index contributed by atoms with van der Waals surface area (Å²) >= 11 is 6.12. The molecule has 0 atom stereocenters. The summed E-state index contributed by atoms with van der Waals surface area (Å²) in [6.45, 7) is 4.17. The molecule has 100 valence electrons. The van der Waals surface area contributed by atoms with Crippen molar-refractivity contribution in [2.24, 2.45) is 0 Å². The van der Waals surface area contributed by atoms with Crippen LogP contribution in [0.3, 0.4) is 0 Å². The van der Waals surface area contributed by atoms with Crippen molar-refractivity contribution in [1.82, 2.24) is 15.0 Å². The van der Waals surface area contributed by atoms with Gasteiger partial charge < -0.3 is 0 Å². The van der Waals surface area contributed by atoms with E-state index in [1.54, 1.807) is 6.20 Å². The first-order chi connectivity index (χ1) is 9.65. The van der Waals surface area contributed by atoms with Gasteiger partial charge in [-0.25, -0.2) is 9.97 Å². The number of pyridine rings is 1. The number of halogens is 1. The third-order valence-corrected chi connectivity index (χ3v) is 3.41. The van der Waals surface area contributed by atoms with Gasteiger partial charge in [0.15, 0.2) is 5.82 Å². The van der Waals surface area contributed by atoms with Crippen molar-refractivity contribution in [2.75, 3.05) is 0 Å². The van der Waals surface area contributed by atoms with Gasteiger partial charge in [0, 0.05) is 29.0 Å². The fourth-order valence-electron chi connectivity index (χ4n) is 2.15. The number of nitrogens with zero attached hydrogens (tertiary/aromatic N) is 3. The molecule has 0 aliphatic carbocycles. The highest BCUT2D eigenvalue weighted by Gasteiger charge is 2.11. The fourth-order valence-corrected chi connectivity index (χ4v) is 2.34. The van der Waals surface area contributed by atoms with E-state index in [4.69, 9.17) is 11.6 Å². The Balaban J connectivity index is 2.25. The summed E-state index contributed by atoms with van der Waals surface area (Å²) in [5.41, 5.74) is 1.85. The Morgan fingerprint density at radius 1 is 1.05 bits per heavy atom. The maximum atomic E-state index is 6.12. The normalized spacial score (nSPS) is 11.2. The van der Waals surface area contributed by atoms with E-state index in [1.807, 2.05) is 36.5 Å². The molecule has 2 heterocycles. The van der Waals surface area contributed by atoms with E-state index in [0.717, 1.165) is 22.0 Å². The van der Waals surface area contributed by atoms with Gasteiger partial charge >= 0.3 is 0 Å². The van der Waals surface area contributed by atoms with Gasteiger partial charge in [0.2, 0.25) is 0 Å². The first-order valence-electron chi connectivity index (χ1n) is 6.53. The second-order valence-electron chi connectivity index (χ2n) is 5.00. The highest BCUT2D eigenvalue weighted by atomic mass is 35.5. The van der Waals surface area contributed by atoms with Crippen molar-refractivity contribution in [3.63, 3.8) is 0 Å². The van der Waals surface area contributed by atoms with Crippen LogP contribution in [0.1, 0.15) is 25.5 Å². The molecule has 0 N–H and O–H groups in total. The first kappa shape index (κ1) is 13.0. The Kier molecular flexibility index (Phi) is 3.36. The minimum absolute atomic E-state index is 0.303. The van der Waals surface area contributed by atoms with E-state index in [1.165, 1.54) is 0 Å². The number of hydrogen-bond donors (Lipinski definition) is 0. The molecule has 0 amide bonds. The van der Waals surface area contributed by atoms with E-state index in [0.29, 0.717) is 16.9 Å². The molecule has 0 unspecified atom stereocenters. The van der Waals surface area contributed by atoms with Crippen LogP contribution in [0, 0.1) is 0 Å². The van der Waals surface area contributed by atoms with Crippen LogP contribution < -0.4 is 0 Å². The highest BCUT2D eigenvalue weighted by molar-refractivity contribution is 6.29. The molecule has 20 heavy (non-hydrogen) atoms. The Morgan fingerprint density at radius 2 is 1.85 bits per heavy atom. The number of rotatable bonds is 2. The van der Waals surface area contributed by atoms with Crippen LogP contribution in [0.4, 0.5) is 0 Å². The van der Waals surface area contributed by atoms with Gasteiger partial charge in [-0.05, 0) is 17.4 Å². The minimum atomic E-state index is 0.303. The molecule has 0 saturated carbocycles. The lowest BCUT2D eigenvalue weighted by Crippen LogP contribution is -1.98. The second-order valence-corrected chi connectivity index (χ2v) is 5.39. The third kappa shape index (κ3) is 2.37. The van der Waals surface area contributed by atoms with Gasteiger partial charge in [-0.15, -0.1) is 0 Å². The molecule has 0 bridgehead atoms. The predicted octanol–water partition coefficient (Wildman–Crippen LogP) is 4.47. The highest BCUT2D eigenvalue weighted by Crippen LogP contribution is 2.27. The topological polar surface area (TPSA) is 38.7 Å². The van der Waals surface area contributed by atoms with Gasteiger partial charge in [0.05, 0.1) is 0 Å². The molecular weight excluding hydrogens is 270 g/mol. The number of hydrogen-bond acceptors (Lipinski definition) is 3. The molecule has 3 rings (SSSR count). The number of benzene rings is 1. The van der Waals surface area contributed by atoms with Gasteiger partial charge in [-0.3, -0.25) is 4.98 Å². The SMILES string of the molecule is CC(C)c1cc(Cl)nc(-c2cncc3ccccc23)n1. The van der Waals surface area contributed by atoms with Crippen molar-refractivity contribution < 1.29 is 0 Å². The van der Waals surface area contributed by atoms with Crippen molar-refractivity contribution in [1.29, 1.82) is 0 Å². The summed E-state index contributed by atoms with van der Waals surface area (Å²) in [6, 6.07) is 9.88. The van der Waals surface area contributed by atoms with Crippen LogP contribution in [-0.4, -0.2) is 15.0 Å². The fraction of sp³-hybridized carbons (Fsp3) is 0.188. The van der Waals surface area contributed by atoms with Crippen LogP contribution in [0.15, 0.2) is 42.7 Å². The predicted molar refractivity (Wildman–Crippen MR) is 81.9 cm³/mol. The smallest absolute Gasteiger partial charge is 0.163 e. The second kappa shape index (κ2) is 5.17. The Bertz CT molecular complexity index is 763. The van der Waals surface area contributed by atoms with Crippen LogP contribution in [-0.2, 0) is 0 Å². The largest absolute Gasteiger partial charge is 0.263 e. The van der Waals surface area contributed by atoms with Crippen LogP contribution in [0.5, 0.6) is 0 Å². The molecule has 3 nitrogen and oxygen atoms in total. The summed E-state index contributed by atoms with van der Waals surface area (Å²) < 4.78 is 0. The lowest BCUT2D eigenvalue weighted by atomic mass is 10.1. The van der Waals surface area contributed by atoms with Crippen LogP contribution in [0.25, 0.3) is 22.2 Å².